The summed E-state index contributed by atoms with van der Waals surface area (Å²) in [7, 11) is -4.04. The van der Waals surface area contributed by atoms with Crippen molar-refractivity contribution in [3.05, 3.63) is 64.4 Å². The van der Waals surface area contributed by atoms with Gasteiger partial charge in [0.2, 0.25) is 10.0 Å². The van der Waals surface area contributed by atoms with Crippen LogP contribution in [-0.4, -0.2) is 44.9 Å². The molecule has 0 saturated carbocycles. The highest BCUT2D eigenvalue weighted by Gasteiger charge is 2.29. The number of carbonyl (C=O) groups is 1. The lowest BCUT2D eigenvalue weighted by Gasteiger charge is -2.26. The van der Waals surface area contributed by atoms with Gasteiger partial charge in [-0.15, -0.1) is 0 Å². The van der Waals surface area contributed by atoms with Crippen LogP contribution in [0, 0.1) is 5.82 Å². The van der Waals surface area contributed by atoms with Crippen molar-refractivity contribution in [2.45, 2.75) is 11.4 Å². The minimum atomic E-state index is -4.04. The van der Waals surface area contributed by atoms with Gasteiger partial charge in [-0.2, -0.15) is 4.31 Å². The molecule has 0 bridgehead atoms. The van der Waals surface area contributed by atoms with Crippen LogP contribution >= 0.6 is 11.6 Å². The SMILES string of the molecule is O=C(NCc1cccc(Cl)c1)c1ccc(F)c(S(=O)(=O)N2CCOCC2)c1. The van der Waals surface area contributed by atoms with Crippen LogP contribution in [0.25, 0.3) is 0 Å². The number of ether oxygens (including phenoxy) is 1. The minimum Gasteiger partial charge on any atom is -0.379 e. The maximum Gasteiger partial charge on any atom is 0.251 e. The van der Waals surface area contributed by atoms with Crippen LogP contribution in [-0.2, 0) is 21.3 Å². The largest absolute Gasteiger partial charge is 0.379 e. The molecule has 6 nitrogen and oxygen atoms in total. The highest BCUT2D eigenvalue weighted by atomic mass is 35.5. The van der Waals surface area contributed by atoms with Crippen LogP contribution < -0.4 is 5.32 Å². The van der Waals surface area contributed by atoms with Gasteiger partial charge in [0.1, 0.15) is 10.7 Å². The molecule has 1 heterocycles. The molecule has 1 fully saturated rings. The Kier molecular flexibility index (Phi) is 6.11. The fraction of sp³-hybridized carbons (Fsp3) is 0.278. The van der Waals surface area contributed by atoms with Crippen LogP contribution in [0.5, 0.6) is 0 Å². The van der Waals surface area contributed by atoms with Crippen molar-refractivity contribution >= 4 is 27.5 Å². The zero-order chi connectivity index (χ0) is 19.4. The molecule has 0 radical (unpaired) electrons. The third-order valence-electron chi connectivity index (χ3n) is 4.12. The molecule has 1 N–H and O–H groups in total. The number of carbonyl (C=O) groups excluding carboxylic acids is 1. The number of nitrogens with zero attached hydrogens (tertiary/aromatic N) is 1. The summed E-state index contributed by atoms with van der Waals surface area (Å²) in [6.07, 6.45) is 0. The predicted molar refractivity (Wildman–Crippen MR) is 98.6 cm³/mol. The fourth-order valence-corrected chi connectivity index (χ4v) is 4.41. The Hall–Kier alpha value is -2.00. The van der Waals surface area contributed by atoms with E-state index in [4.69, 9.17) is 16.3 Å². The molecule has 1 saturated heterocycles. The lowest BCUT2D eigenvalue weighted by atomic mass is 10.2. The molecule has 1 aliphatic rings. The van der Waals surface area contributed by atoms with Gasteiger partial charge in [0.25, 0.3) is 5.91 Å². The standard InChI is InChI=1S/C18H18ClFN2O4S/c19-15-3-1-2-13(10-15)12-21-18(23)14-4-5-16(20)17(11-14)27(24,25)22-6-8-26-9-7-22/h1-5,10-11H,6-9,12H2,(H,21,23). The molecule has 0 spiro atoms. The Bertz CT molecular complexity index is 946. The Morgan fingerprint density at radius 1 is 1.19 bits per heavy atom. The minimum absolute atomic E-state index is 0.0604. The second-order valence-electron chi connectivity index (χ2n) is 5.97. The summed E-state index contributed by atoms with van der Waals surface area (Å²) in [6.45, 7) is 1.00. The average Bonchev–Trinajstić information content (AvgIpc) is 2.67. The van der Waals surface area contributed by atoms with Crippen LogP contribution in [0.15, 0.2) is 47.4 Å². The van der Waals surface area contributed by atoms with E-state index in [-0.39, 0.29) is 38.4 Å². The third kappa shape index (κ3) is 4.65. The number of sulfonamides is 1. The van der Waals surface area contributed by atoms with Crippen LogP contribution in [0.4, 0.5) is 4.39 Å². The van der Waals surface area contributed by atoms with Gasteiger partial charge < -0.3 is 10.1 Å². The van der Waals surface area contributed by atoms with Crippen molar-refractivity contribution in [2.75, 3.05) is 26.3 Å². The second kappa shape index (κ2) is 8.35. The topological polar surface area (TPSA) is 75.7 Å². The monoisotopic (exact) mass is 412 g/mol. The summed E-state index contributed by atoms with van der Waals surface area (Å²) >= 11 is 5.90. The number of amides is 1. The van der Waals surface area contributed by atoms with E-state index in [1.807, 2.05) is 0 Å². The van der Waals surface area contributed by atoms with Crippen molar-refractivity contribution in [2.24, 2.45) is 0 Å². The number of hydrogen-bond donors (Lipinski definition) is 1. The molecule has 0 atom stereocenters. The van der Waals surface area contributed by atoms with Gasteiger partial charge in [-0.3, -0.25) is 4.79 Å². The smallest absolute Gasteiger partial charge is 0.251 e. The number of nitrogens with one attached hydrogen (secondary N) is 1. The van der Waals surface area contributed by atoms with Gasteiger partial charge in [0, 0.05) is 30.2 Å². The van der Waals surface area contributed by atoms with E-state index < -0.39 is 26.6 Å². The normalized spacial score (nSPS) is 15.5. The van der Waals surface area contributed by atoms with E-state index in [0.29, 0.717) is 5.02 Å². The lowest BCUT2D eigenvalue weighted by Crippen LogP contribution is -2.41. The van der Waals surface area contributed by atoms with E-state index >= 15 is 0 Å². The molecule has 0 unspecified atom stereocenters. The molecule has 3 rings (SSSR count). The number of morpholine rings is 1. The maximum atomic E-state index is 14.2. The first kappa shape index (κ1) is 19.8. The molecule has 0 aromatic heterocycles. The molecule has 1 aliphatic heterocycles. The Morgan fingerprint density at radius 2 is 1.93 bits per heavy atom. The molecule has 144 valence electrons. The molecule has 0 aliphatic carbocycles. The summed E-state index contributed by atoms with van der Waals surface area (Å²) in [5.41, 5.74) is 0.851. The van der Waals surface area contributed by atoms with E-state index in [2.05, 4.69) is 5.32 Å². The molecular weight excluding hydrogens is 395 g/mol. The Labute approximate surface area is 161 Å². The van der Waals surface area contributed by atoms with E-state index in [9.17, 15) is 17.6 Å². The first-order valence-electron chi connectivity index (χ1n) is 8.28. The zero-order valence-corrected chi connectivity index (χ0v) is 15.9. The summed E-state index contributed by atoms with van der Waals surface area (Å²) < 4.78 is 45.9. The molecule has 27 heavy (non-hydrogen) atoms. The zero-order valence-electron chi connectivity index (χ0n) is 14.3. The van der Waals surface area contributed by atoms with Crippen molar-refractivity contribution in [3.8, 4) is 0 Å². The van der Waals surface area contributed by atoms with E-state index in [1.54, 1.807) is 24.3 Å². The van der Waals surface area contributed by atoms with Crippen LogP contribution in [0.3, 0.4) is 0 Å². The Morgan fingerprint density at radius 3 is 2.63 bits per heavy atom. The first-order valence-corrected chi connectivity index (χ1v) is 10.1. The average molecular weight is 413 g/mol. The Balaban J connectivity index is 1.79. The fourth-order valence-electron chi connectivity index (χ4n) is 2.70. The van der Waals surface area contributed by atoms with Crippen LogP contribution in [0.1, 0.15) is 15.9 Å². The van der Waals surface area contributed by atoms with Crippen LogP contribution in [0.2, 0.25) is 5.02 Å². The first-order chi connectivity index (χ1) is 12.9. The number of halogens is 2. The highest BCUT2D eigenvalue weighted by molar-refractivity contribution is 7.89. The number of hydrogen-bond acceptors (Lipinski definition) is 4. The summed E-state index contributed by atoms with van der Waals surface area (Å²) in [6, 6.07) is 10.3. The predicted octanol–water partition coefficient (Wildman–Crippen LogP) is 2.43. The molecular formula is C18H18ClFN2O4S. The van der Waals surface area contributed by atoms with Gasteiger partial charge in [-0.1, -0.05) is 23.7 Å². The van der Waals surface area contributed by atoms with E-state index in [0.717, 1.165) is 22.0 Å². The van der Waals surface area contributed by atoms with Crippen molar-refractivity contribution < 1.29 is 22.3 Å². The van der Waals surface area contributed by atoms with Crippen molar-refractivity contribution in [1.82, 2.24) is 9.62 Å². The number of benzene rings is 2. The maximum absolute atomic E-state index is 14.2. The summed E-state index contributed by atoms with van der Waals surface area (Å²) in [4.78, 5) is 11.9. The third-order valence-corrected chi connectivity index (χ3v) is 6.27. The highest BCUT2D eigenvalue weighted by Crippen LogP contribution is 2.22. The van der Waals surface area contributed by atoms with Gasteiger partial charge in [0.05, 0.1) is 13.2 Å². The van der Waals surface area contributed by atoms with Crippen molar-refractivity contribution in [3.63, 3.8) is 0 Å². The summed E-state index contributed by atoms with van der Waals surface area (Å²) in [5.74, 6) is -1.40. The quantitative estimate of drug-likeness (QED) is 0.818. The molecule has 2 aromatic carbocycles. The van der Waals surface area contributed by atoms with Gasteiger partial charge in [-0.25, -0.2) is 12.8 Å². The molecule has 1 amide bonds. The lowest BCUT2D eigenvalue weighted by molar-refractivity contribution is 0.0729. The van der Waals surface area contributed by atoms with Gasteiger partial charge in [-0.05, 0) is 35.9 Å². The number of rotatable bonds is 5. The summed E-state index contributed by atoms with van der Waals surface area (Å²) in [5, 5.41) is 3.22. The van der Waals surface area contributed by atoms with Crippen molar-refractivity contribution in [1.29, 1.82) is 0 Å². The van der Waals surface area contributed by atoms with E-state index in [1.165, 1.54) is 6.07 Å². The second-order valence-corrected chi connectivity index (χ2v) is 8.32. The van der Waals surface area contributed by atoms with Gasteiger partial charge in [0.15, 0.2) is 0 Å². The molecule has 9 heteroatoms. The molecule has 2 aromatic rings. The van der Waals surface area contributed by atoms with Gasteiger partial charge >= 0.3 is 0 Å².